The second kappa shape index (κ2) is 11.5. The lowest BCUT2D eigenvalue weighted by Crippen LogP contribution is -2.34. The van der Waals surface area contributed by atoms with Gasteiger partial charge in [-0.15, -0.1) is 0 Å². The lowest BCUT2D eigenvalue weighted by molar-refractivity contribution is -0.137. The monoisotopic (exact) mass is 562 g/mol. The summed E-state index contributed by atoms with van der Waals surface area (Å²) in [4.78, 5) is 18.0. The Balaban J connectivity index is 1.03. The van der Waals surface area contributed by atoms with Crippen LogP contribution in [-0.4, -0.2) is 41.8 Å². The summed E-state index contributed by atoms with van der Waals surface area (Å²) in [5, 5.41) is 0. The Morgan fingerprint density at radius 2 is 1.49 bits per heavy atom. The van der Waals surface area contributed by atoms with Crippen molar-refractivity contribution in [1.82, 2.24) is 9.80 Å². The number of alkyl halides is 3. The van der Waals surface area contributed by atoms with E-state index < -0.39 is 11.7 Å². The van der Waals surface area contributed by atoms with Gasteiger partial charge in [-0.2, -0.15) is 13.2 Å². The van der Waals surface area contributed by atoms with Gasteiger partial charge in [-0.1, -0.05) is 42.0 Å². The number of halogens is 4. The summed E-state index contributed by atoms with van der Waals surface area (Å²) in [6, 6.07) is 18.3. The molecule has 214 valence electrons. The number of hydrogen-bond acceptors (Lipinski definition) is 3. The molecule has 0 radical (unpaired) electrons. The van der Waals surface area contributed by atoms with Crippen molar-refractivity contribution in [3.05, 3.63) is 112 Å². The summed E-state index contributed by atoms with van der Waals surface area (Å²) < 4.78 is 51.8. The number of nitrogens with zero attached hydrogens (tertiary/aromatic N) is 2. The highest BCUT2D eigenvalue weighted by atomic mass is 19.4. The molecule has 0 saturated carbocycles. The number of likely N-dealkylation sites (tertiary alicyclic amines) is 1. The summed E-state index contributed by atoms with van der Waals surface area (Å²) >= 11 is 0. The molecule has 2 aliphatic heterocycles. The van der Waals surface area contributed by atoms with Crippen LogP contribution in [0.2, 0.25) is 0 Å². The molecule has 0 aromatic heterocycles. The number of ketones is 1. The van der Waals surface area contributed by atoms with Crippen LogP contribution in [0.3, 0.4) is 0 Å². The average molecular weight is 563 g/mol. The minimum Gasteiger partial charge on any atom is -0.299 e. The third kappa shape index (κ3) is 6.47. The quantitative estimate of drug-likeness (QED) is 0.220. The molecule has 3 aliphatic rings. The van der Waals surface area contributed by atoms with Crippen LogP contribution < -0.4 is 0 Å². The molecule has 6 rings (SSSR count). The van der Waals surface area contributed by atoms with E-state index in [9.17, 15) is 22.4 Å². The highest BCUT2D eigenvalue weighted by molar-refractivity contribution is 5.97. The second-order valence-electron chi connectivity index (χ2n) is 11.8. The molecule has 0 spiro atoms. The van der Waals surface area contributed by atoms with Crippen molar-refractivity contribution in [1.29, 1.82) is 0 Å². The molecule has 1 aliphatic carbocycles. The molecule has 1 saturated heterocycles. The van der Waals surface area contributed by atoms with Gasteiger partial charge in [0.05, 0.1) is 5.56 Å². The highest BCUT2D eigenvalue weighted by Crippen LogP contribution is 2.39. The average Bonchev–Trinajstić information content (AvgIpc) is 3.32. The predicted octanol–water partition coefficient (Wildman–Crippen LogP) is 7.55. The Kier molecular flexibility index (Phi) is 7.84. The Labute approximate surface area is 238 Å². The van der Waals surface area contributed by atoms with Crippen LogP contribution in [0.5, 0.6) is 0 Å². The van der Waals surface area contributed by atoms with Gasteiger partial charge in [0.2, 0.25) is 0 Å². The number of rotatable bonds is 7. The van der Waals surface area contributed by atoms with E-state index in [1.807, 2.05) is 18.2 Å². The Morgan fingerprint density at radius 1 is 0.829 bits per heavy atom. The maximum Gasteiger partial charge on any atom is 0.416 e. The fourth-order valence-electron chi connectivity index (χ4n) is 6.51. The van der Waals surface area contributed by atoms with E-state index in [0.717, 1.165) is 87.2 Å². The van der Waals surface area contributed by atoms with Crippen molar-refractivity contribution >= 4 is 11.4 Å². The number of carbonyl (C=O) groups is 1. The van der Waals surface area contributed by atoms with Crippen molar-refractivity contribution < 1.29 is 22.4 Å². The maximum absolute atomic E-state index is 13.3. The van der Waals surface area contributed by atoms with Crippen molar-refractivity contribution in [2.45, 2.75) is 51.4 Å². The Bertz CT molecular complexity index is 1440. The molecular weight excluding hydrogens is 528 g/mol. The number of carbonyl (C=O) groups excluding carboxylic acids is 1. The highest BCUT2D eigenvalue weighted by Gasteiger charge is 2.31. The summed E-state index contributed by atoms with van der Waals surface area (Å²) in [5.41, 5.74) is 7.46. The first-order chi connectivity index (χ1) is 19.7. The lowest BCUT2D eigenvalue weighted by Gasteiger charge is -2.31. The predicted molar refractivity (Wildman–Crippen MR) is 152 cm³/mol. The zero-order valence-electron chi connectivity index (χ0n) is 23.0. The van der Waals surface area contributed by atoms with Gasteiger partial charge >= 0.3 is 6.18 Å². The first-order valence-corrected chi connectivity index (χ1v) is 14.4. The third-order valence-corrected chi connectivity index (χ3v) is 8.89. The molecule has 0 amide bonds. The van der Waals surface area contributed by atoms with Crippen molar-refractivity contribution in [2.24, 2.45) is 5.92 Å². The fourth-order valence-corrected chi connectivity index (χ4v) is 6.51. The summed E-state index contributed by atoms with van der Waals surface area (Å²) in [6.07, 6.45) is -0.00467. The van der Waals surface area contributed by atoms with Gasteiger partial charge in [-0.05, 0) is 103 Å². The van der Waals surface area contributed by atoms with Crippen LogP contribution in [-0.2, 0) is 25.7 Å². The summed E-state index contributed by atoms with van der Waals surface area (Å²) in [6.45, 7) is 4.90. The van der Waals surface area contributed by atoms with Gasteiger partial charge < -0.3 is 0 Å². The summed E-state index contributed by atoms with van der Waals surface area (Å²) in [5.74, 6) is 0.278. The topological polar surface area (TPSA) is 23.6 Å². The molecule has 3 nitrogen and oxygen atoms in total. The van der Waals surface area contributed by atoms with Crippen molar-refractivity contribution in [3.8, 4) is 0 Å². The number of hydrogen-bond donors (Lipinski definition) is 0. The molecule has 0 atom stereocenters. The molecule has 3 aromatic rings. The SMILES string of the molecule is O=C(CC1CCN(Cc2ccc(C(F)(F)F)cc2)CC1)c1ccc2c(c1)C1=C(CCN(Cc3ccc(F)cc3)C1)C2. The molecule has 0 unspecified atom stereocenters. The smallest absolute Gasteiger partial charge is 0.299 e. The Hall–Kier alpha value is -3.29. The van der Waals surface area contributed by atoms with Crippen LogP contribution in [0.25, 0.3) is 5.57 Å². The van der Waals surface area contributed by atoms with Crippen molar-refractivity contribution in [2.75, 3.05) is 26.2 Å². The number of piperidine rings is 1. The van der Waals surface area contributed by atoms with Crippen molar-refractivity contribution in [3.63, 3.8) is 0 Å². The molecule has 41 heavy (non-hydrogen) atoms. The second-order valence-corrected chi connectivity index (χ2v) is 11.8. The zero-order chi connectivity index (χ0) is 28.6. The van der Waals surface area contributed by atoms with Gasteiger partial charge in [-0.25, -0.2) is 4.39 Å². The largest absolute Gasteiger partial charge is 0.416 e. The van der Waals surface area contributed by atoms with E-state index in [-0.39, 0.29) is 11.6 Å². The van der Waals surface area contributed by atoms with Gasteiger partial charge in [0.25, 0.3) is 0 Å². The molecule has 3 aromatic carbocycles. The molecule has 2 heterocycles. The molecular formula is C34H34F4N2O. The molecule has 0 N–H and O–H groups in total. The number of fused-ring (bicyclic) bond motifs is 2. The van der Waals surface area contributed by atoms with E-state index in [2.05, 4.69) is 21.9 Å². The summed E-state index contributed by atoms with van der Waals surface area (Å²) in [7, 11) is 0. The molecule has 0 bridgehead atoms. The van der Waals surface area contributed by atoms with Crippen LogP contribution in [0.15, 0.2) is 72.3 Å². The van der Waals surface area contributed by atoms with Crippen LogP contribution in [0, 0.1) is 11.7 Å². The maximum atomic E-state index is 13.3. The number of benzene rings is 3. The van der Waals surface area contributed by atoms with Gasteiger partial charge in [-0.3, -0.25) is 14.6 Å². The van der Waals surface area contributed by atoms with Gasteiger partial charge in [0.1, 0.15) is 5.82 Å². The normalized spacial score (nSPS) is 18.4. The van der Waals surface area contributed by atoms with Crippen LogP contribution >= 0.6 is 0 Å². The van der Waals surface area contributed by atoms with E-state index >= 15 is 0 Å². The standard InChI is InChI=1S/C34H34F4N2O/c35-30-9-3-25(4-10-30)21-40-16-13-27-18-26-5-6-28(19-31(26)32(27)22-40)33(41)17-23-11-14-39(15-12-23)20-24-1-7-29(8-2-24)34(36,37)38/h1-10,19,23H,11-18,20-22H2. The van der Waals surface area contributed by atoms with Crippen LogP contribution in [0.4, 0.5) is 17.6 Å². The third-order valence-electron chi connectivity index (χ3n) is 8.89. The first-order valence-electron chi connectivity index (χ1n) is 14.4. The fraction of sp³-hybridized carbons (Fsp3) is 0.382. The minimum atomic E-state index is -4.32. The van der Waals surface area contributed by atoms with Gasteiger partial charge in [0.15, 0.2) is 5.78 Å². The lowest BCUT2D eigenvalue weighted by atomic mass is 9.88. The van der Waals surface area contributed by atoms with E-state index in [0.29, 0.717) is 18.9 Å². The van der Waals surface area contributed by atoms with Crippen LogP contribution in [0.1, 0.15) is 63.9 Å². The van der Waals surface area contributed by atoms with E-state index in [4.69, 9.17) is 0 Å². The molecule has 7 heteroatoms. The Morgan fingerprint density at radius 3 is 2.17 bits per heavy atom. The first kappa shape index (κ1) is 27.9. The van der Waals surface area contributed by atoms with E-state index in [1.165, 1.54) is 34.4 Å². The van der Waals surface area contributed by atoms with Gasteiger partial charge in [0, 0.05) is 38.2 Å². The zero-order valence-corrected chi connectivity index (χ0v) is 23.0. The molecule has 1 fully saturated rings. The van der Waals surface area contributed by atoms with E-state index in [1.54, 1.807) is 12.1 Å². The number of Topliss-reactive ketones (excluding diaryl/α,β-unsaturated/α-hetero) is 1. The minimum absolute atomic E-state index is 0.182.